The van der Waals surface area contributed by atoms with Crippen LogP contribution >= 0.6 is 15.9 Å². The third-order valence-corrected chi connectivity index (χ3v) is 9.59. The van der Waals surface area contributed by atoms with E-state index in [-0.39, 0.29) is 22.5 Å². The van der Waals surface area contributed by atoms with E-state index in [1.165, 1.54) is 12.1 Å². The maximum absolute atomic E-state index is 14.5. The summed E-state index contributed by atoms with van der Waals surface area (Å²) in [6, 6.07) is 19.9. The Balaban J connectivity index is 1.27. The second-order valence-electron chi connectivity index (χ2n) is 12.0. The summed E-state index contributed by atoms with van der Waals surface area (Å²) < 4.78 is 42.7. The lowest BCUT2D eigenvalue weighted by molar-refractivity contribution is -0.138. The number of rotatable bonds is 5. The van der Waals surface area contributed by atoms with Crippen LogP contribution in [0.15, 0.2) is 83.5 Å². The fourth-order valence-corrected chi connectivity index (χ4v) is 7.05. The van der Waals surface area contributed by atoms with E-state index >= 15 is 0 Å². The molecule has 0 bridgehead atoms. The minimum absolute atomic E-state index is 0.0675. The number of hydrogen-bond acceptors (Lipinski definition) is 5. The zero-order valence-electron chi connectivity index (χ0n) is 25.4. The molecule has 1 saturated heterocycles. The predicted octanol–water partition coefficient (Wildman–Crippen LogP) is 7.12. The van der Waals surface area contributed by atoms with Crippen molar-refractivity contribution in [2.75, 3.05) is 11.4 Å². The van der Waals surface area contributed by atoms with Gasteiger partial charge in [0.1, 0.15) is 11.6 Å². The third-order valence-electron chi connectivity index (χ3n) is 8.90. The number of likely N-dealkylation sites (tertiary alicyclic amines) is 1. The molecule has 240 valence electrons. The molecule has 0 aliphatic carbocycles. The van der Waals surface area contributed by atoms with Crippen LogP contribution in [-0.4, -0.2) is 54.3 Å². The van der Waals surface area contributed by atoms with E-state index in [0.717, 1.165) is 22.8 Å². The van der Waals surface area contributed by atoms with Gasteiger partial charge in [-0.05, 0) is 68.3 Å². The Morgan fingerprint density at radius 1 is 1.04 bits per heavy atom. The zero-order valence-corrected chi connectivity index (χ0v) is 27.0. The highest BCUT2D eigenvalue weighted by Crippen LogP contribution is 2.45. The average molecular weight is 705 g/mol. The van der Waals surface area contributed by atoms with Crippen LogP contribution in [0.3, 0.4) is 0 Å². The van der Waals surface area contributed by atoms with Crippen molar-refractivity contribution in [1.82, 2.24) is 29.9 Å². The van der Waals surface area contributed by atoms with E-state index in [9.17, 15) is 22.8 Å². The first-order valence-electron chi connectivity index (χ1n) is 15.1. The number of amides is 2. The summed E-state index contributed by atoms with van der Waals surface area (Å²) in [7, 11) is 0. The molecule has 1 N–H and O–H groups in total. The topological polar surface area (TPSA) is 100 Å². The standard InChI is InChI=1S/C34H29BrF3N7O2/c1-19-14-26-29(18-43(19)32(46)23-10-13-28(35)27(16-23)34(36,37)38)45-31(24(17-39-45)15-21-6-4-3-5-7-21)44(33(26)47)25-11-8-22(9-12-25)30-40-20(2)41-42-30/h3-13,16-17,19,26,29H,14-15,18H2,1-2H3,(H,40,41,42)/t19-,26?,29?/m0/s1. The van der Waals surface area contributed by atoms with Gasteiger partial charge in [-0.15, -0.1) is 10.2 Å². The van der Waals surface area contributed by atoms with Gasteiger partial charge in [-0.3, -0.25) is 14.5 Å². The molecule has 0 saturated carbocycles. The number of piperidine rings is 1. The summed E-state index contributed by atoms with van der Waals surface area (Å²) in [6.07, 6.45) is -2.04. The minimum Gasteiger partial charge on any atom is -0.334 e. The highest BCUT2D eigenvalue weighted by Gasteiger charge is 2.48. The maximum Gasteiger partial charge on any atom is 0.417 e. The van der Waals surface area contributed by atoms with Crippen LogP contribution in [0.5, 0.6) is 0 Å². The molecule has 2 unspecified atom stereocenters. The molecule has 0 spiro atoms. The summed E-state index contributed by atoms with van der Waals surface area (Å²) in [6.45, 7) is 3.76. The number of aryl methyl sites for hydroxylation is 1. The molecular weight excluding hydrogens is 675 g/mol. The number of fused-ring (bicyclic) bond motifs is 3. The number of nitrogens with one attached hydrogen (secondary N) is 1. The van der Waals surface area contributed by atoms with Gasteiger partial charge in [-0.1, -0.05) is 46.3 Å². The summed E-state index contributed by atoms with van der Waals surface area (Å²) in [5.74, 6) is 0.748. The molecule has 47 heavy (non-hydrogen) atoms. The smallest absolute Gasteiger partial charge is 0.334 e. The van der Waals surface area contributed by atoms with E-state index in [4.69, 9.17) is 5.10 Å². The largest absolute Gasteiger partial charge is 0.417 e. The number of anilines is 2. The van der Waals surface area contributed by atoms with Crippen LogP contribution in [-0.2, 0) is 17.4 Å². The van der Waals surface area contributed by atoms with Crippen molar-refractivity contribution < 1.29 is 22.8 Å². The van der Waals surface area contributed by atoms with Gasteiger partial charge in [0, 0.05) is 40.2 Å². The predicted molar refractivity (Wildman–Crippen MR) is 172 cm³/mol. The molecule has 3 aromatic carbocycles. The van der Waals surface area contributed by atoms with Crippen molar-refractivity contribution in [1.29, 1.82) is 0 Å². The number of halogens is 4. The van der Waals surface area contributed by atoms with Gasteiger partial charge < -0.3 is 9.88 Å². The Morgan fingerprint density at radius 3 is 2.47 bits per heavy atom. The van der Waals surface area contributed by atoms with Crippen LogP contribution in [0, 0.1) is 12.8 Å². The van der Waals surface area contributed by atoms with E-state index in [0.29, 0.717) is 36.0 Å². The van der Waals surface area contributed by atoms with Crippen molar-refractivity contribution >= 4 is 39.2 Å². The zero-order chi connectivity index (χ0) is 33.0. The molecule has 2 aliphatic heterocycles. The van der Waals surface area contributed by atoms with E-state index < -0.39 is 35.6 Å². The van der Waals surface area contributed by atoms with Crippen LogP contribution in [0.4, 0.5) is 24.7 Å². The molecule has 2 aromatic heterocycles. The van der Waals surface area contributed by atoms with Gasteiger partial charge >= 0.3 is 6.18 Å². The molecule has 3 atom stereocenters. The van der Waals surface area contributed by atoms with Crippen LogP contribution in [0.2, 0.25) is 0 Å². The van der Waals surface area contributed by atoms with Gasteiger partial charge in [0.15, 0.2) is 5.82 Å². The Morgan fingerprint density at radius 2 is 1.79 bits per heavy atom. The van der Waals surface area contributed by atoms with Gasteiger partial charge in [-0.25, -0.2) is 4.68 Å². The molecule has 7 rings (SSSR count). The summed E-state index contributed by atoms with van der Waals surface area (Å²) in [5, 5.41) is 13.0. The lowest BCUT2D eigenvalue weighted by Gasteiger charge is -2.47. The third kappa shape index (κ3) is 5.62. The first-order valence-corrected chi connectivity index (χ1v) is 15.9. The lowest BCUT2D eigenvalue weighted by Crippen LogP contribution is -2.56. The molecule has 13 heteroatoms. The molecule has 5 aromatic rings. The lowest BCUT2D eigenvalue weighted by atomic mass is 9.84. The Bertz CT molecular complexity index is 1970. The fraction of sp³-hybridized carbons (Fsp3) is 0.265. The molecule has 1 fully saturated rings. The van der Waals surface area contributed by atoms with Crippen molar-refractivity contribution in [3.05, 3.63) is 112 Å². The molecule has 2 aliphatic rings. The Hall–Kier alpha value is -4.78. The monoisotopic (exact) mass is 703 g/mol. The van der Waals surface area contributed by atoms with E-state index in [2.05, 4.69) is 31.1 Å². The molecule has 9 nitrogen and oxygen atoms in total. The van der Waals surface area contributed by atoms with Crippen LogP contribution in [0.25, 0.3) is 11.4 Å². The number of carbonyl (C=O) groups excluding carboxylic acids is 2. The first kappa shape index (κ1) is 30.9. The van der Waals surface area contributed by atoms with Crippen molar-refractivity contribution in [2.45, 2.75) is 44.9 Å². The summed E-state index contributed by atoms with van der Waals surface area (Å²) in [5.41, 5.74) is 2.36. The normalized spacial score (nSPS) is 19.4. The number of benzene rings is 3. The van der Waals surface area contributed by atoms with Crippen molar-refractivity contribution in [2.24, 2.45) is 5.92 Å². The van der Waals surface area contributed by atoms with E-state index in [1.54, 1.807) is 16.0 Å². The number of H-pyrrole nitrogens is 1. The number of alkyl halides is 3. The summed E-state index contributed by atoms with van der Waals surface area (Å²) >= 11 is 2.95. The number of aromatic amines is 1. The van der Waals surface area contributed by atoms with Gasteiger partial charge in [0.2, 0.25) is 5.91 Å². The van der Waals surface area contributed by atoms with Gasteiger partial charge in [-0.2, -0.15) is 18.3 Å². The van der Waals surface area contributed by atoms with Crippen molar-refractivity contribution in [3.8, 4) is 11.4 Å². The number of hydrogen-bond donors (Lipinski definition) is 1. The molecule has 2 amide bonds. The Kier molecular flexibility index (Phi) is 7.74. The second kappa shape index (κ2) is 11.8. The second-order valence-corrected chi connectivity index (χ2v) is 12.8. The van der Waals surface area contributed by atoms with Crippen LogP contribution in [0.1, 0.15) is 52.3 Å². The number of aromatic nitrogens is 5. The SMILES string of the molecule is Cc1nnc(-c2ccc(N3C(=O)C4C[C@H](C)N(C(=O)c5ccc(Br)c(C(F)(F)F)c5)CC4n4ncc(Cc5ccccc5)c43)cc2)[nH]1. The fourth-order valence-electron chi connectivity index (χ4n) is 6.58. The van der Waals surface area contributed by atoms with Crippen LogP contribution < -0.4 is 4.90 Å². The quantitative estimate of drug-likeness (QED) is 0.210. The number of nitrogens with zero attached hydrogens (tertiary/aromatic N) is 6. The van der Waals surface area contributed by atoms with Crippen molar-refractivity contribution in [3.63, 3.8) is 0 Å². The highest BCUT2D eigenvalue weighted by atomic mass is 79.9. The highest BCUT2D eigenvalue weighted by molar-refractivity contribution is 9.10. The van der Waals surface area contributed by atoms with E-state index in [1.807, 2.05) is 73.1 Å². The Labute approximate surface area is 276 Å². The minimum atomic E-state index is -4.63. The summed E-state index contributed by atoms with van der Waals surface area (Å²) in [4.78, 5) is 34.6. The average Bonchev–Trinajstić information content (AvgIpc) is 3.67. The molecule has 0 radical (unpaired) electrons. The maximum atomic E-state index is 14.5. The van der Waals surface area contributed by atoms with Gasteiger partial charge in [0.25, 0.3) is 5.91 Å². The molecule has 4 heterocycles. The molecular formula is C34H29BrF3N7O2. The first-order chi connectivity index (χ1) is 22.5. The van der Waals surface area contributed by atoms with Gasteiger partial charge in [0.05, 0.1) is 29.4 Å². The number of carbonyl (C=O) groups is 2.